The van der Waals surface area contributed by atoms with Crippen LogP contribution >= 0.6 is 11.3 Å². The van der Waals surface area contributed by atoms with Gasteiger partial charge in [0.25, 0.3) is 0 Å². The van der Waals surface area contributed by atoms with E-state index >= 15 is 0 Å². The molecule has 1 saturated carbocycles. The summed E-state index contributed by atoms with van der Waals surface area (Å²) >= 11 is 1.77. The monoisotopic (exact) mass is 210 g/mol. The molecule has 1 aromatic heterocycles. The molecule has 1 heterocycles. The molecule has 1 fully saturated rings. The first kappa shape index (κ1) is 10.1. The quantitative estimate of drug-likeness (QED) is 0.780. The van der Waals surface area contributed by atoms with Crippen molar-refractivity contribution in [3.8, 4) is 0 Å². The molecule has 2 rings (SSSR count). The molecule has 1 aromatic rings. The number of thiazole rings is 1. The van der Waals surface area contributed by atoms with Crippen LogP contribution in [0.25, 0.3) is 0 Å². The molecular weight excluding hydrogens is 192 g/mol. The lowest BCUT2D eigenvalue weighted by Crippen LogP contribution is -2.27. The Labute approximate surface area is 89.8 Å². The van der Waals surface area contributed by atoms with Crippen molar-refractivity contribution in [1.82, 2.24) is 10.3 Å². The molecule has 1 aliphatic rings. The van der Waals surface area contributed by atoms with Gasteiger partial charge in [0, 0.05) is 17.1 Å². The maximum atomic E-state index is 4.09. The van der Waals surface area contributed by atoms with Crippen molar-refractivity contribution in [3.05, 3.63) is 16.6 Å². The summed E-state index contributed by atoms with van der Waals surface area (Å²) in [6.07, 6.45) is 8.69. The molecule has 1 N–H and O–H groups in total. The zero-order chi connectivity index (χ0) is 9.80. The third kappa shape index (κ3) is 2.79. The second-order valence-corrected chi connectivity index (χ2v) is 5.06. The van der Waals surface area contributed by atoms with E-state index in [4.69, 9.17) is 0 Å². The van der Waals surface area contributed by atoms with Crippen molar-refractivity contribution in [2.24, 2.45) is 5.92 Å². The predicted octanol–water partition coefficient (Wildman–Crippen LogP) is 2.46. The number of hydrogen-bond donors (Lipinski definition) is 1. The highest BCUT2D eigenvalue weighted by molar-refractivity contribution is 7.09. The minimum Gasteiger partial charge on any atom is -0.317 e. The van der Waals surface area contributed by atoms with Gasteiger partial charge in [-0.05, 0) is 45.1 Å². The first-order chi connectivity index (χ1) is 6.90. The van der Waals surface area contributed by atoms with Crippen molar-refractivity contribution < 1.29 is 0 Å². The zero-order valence-corrected chi connectivity index (χ0v) is 9.52. The summed E-state index contributed by atoms with van der Waals surface area (Å²) < 4.78 is 0. The van der Waals surface area contributed by atoms with Gasteiger partial charge < -0.3 is 5.32 Å². The maximum absolute atomic E-state index is 4.09. The first-order valence-electron chi connectivity index (χ1n) is 5.45. The van der Waals surface area contributed by atoms with Crippen LogP contribution in [0.4, 0.5) is 0 Å². The minimum absolute atomic E-state index is 0.767. The van der Waals surface area contributed by atoms with Crippen LogP contribution in [0.1, 0.15) is 30.6 Å². The van der Waals surface area contributed by atoms with E-state index in [2.05, 4.69) is 17.3 Å². The zero-order valence-electron chi connectivity index (χ0n) is 8.70. The van der Waals surface area contributed by atoms with Crippen LogP contribution in [0.3, 0.4) is 0 Å². The SMILES string of the molecule is CNC(CCCc1cncs1)C1CC1. The van der Waals surface area contributed by atoms with E-state index < -0.39 is 0 Å². The molecule has 14 heavy (non-hydrogen) atoms. The Balaban J connectivity index is 1.66. The number of aromatic nitrogens is 1. The van der Waals surface area contributed by atoms with Crippen LogP contribution in [-0.4, -0.2) is 18.1 Å². The highest BCUT2D eigenvalue weighted by atomic mass is 32.1. The van der Waals surface area contributed by atoms with E-state index in [-0.39, 0.29) is 0 Å². The van der Waals surface area contributed by atoms with Gasteiger partial charge >= 0.3 is 0 Å². The molecule has 0 spiro atoms. The topological polar surface area (TPSA) is 24.9 Å². The first-order valence-corrected chi connectivity index (χ1v) is 6.32. The minimum atomic E-state index is 0.767. The average molecular weight is 210 g/mol. The largest absolute Gasteiger partial charge is 0.317 e. The van der Waals surface area contributed by atoms with Gasteiger partial charge in [-0.2, -0.15) is 0 Å². The Kier molecular flexibility index (Phi) is 3.54. The molecule has 0 aromatic carbocycles. The van der Waals surface area contributed by atoms with Crippen molar-refractivity contribution in [2.45, 2.75) is 38.1 Å². The molecule has 0 amide bonds. The number of nitrogens with one attached hydrogen (secondary N) is 1. The lowest BCUT2D eigenvalue weighted by atomic mass is 10.1. The van der Waals surface area contributed by atoms with Crippen LogP contribution in [0, 0.1) is 5.92 Å². The van der Waals surface area contributed by atoms with Gasteiger partial charge in [-0.3, -0.25) is 4.98 Å². The smallest absolute Gasteiger partial charge is 0.0794 e. The summed E-state index contributed by atoms with van der Waals surface area (Å²) in [4.78, 5) is 5.52. The number of hydrogen-bond acceptors (Lipinski definition) is 3. The fourth-order valence-corrected chi connectivity index (χ4v) is 2.62. The van der Waals surface area contributed by atoms with Crippen LogP contribution < -0.4 is 5.32 Å². The molecule has 1 atom stereocenters. The second-order valence-electron chi connectivity index (χ2n) is 4.09. The van der Waals surface area contributed by atoms with Gasteiger partial charge in [0.15, 0.2) is 0 Å². The third-order valence-electron chi connectivity index (χ3n) is 2.98. The van der Waals surface area contributed by atoms with Crippen molar-refractivity contribution in [3.63, 3.8) is 0 Å². The molecule has 1 unspecified atom stereocenters. The van der Waals surface area contributed by atoms with Gasteiger partial charge in [-0.1, -0.05) is 0 Å². The maximum Gasteiger partial charge on any atom is 0.0794 e. The Hall–Kier alpha value is -0.410. The molecular formula is C11H18N2S. The van der Waals surface area contributed by atoms with Gasteiger partial charge in [0.2, 0.25) is 0 Å². The van der Waals surface area contributed by atoms with Crippen LogP contribution in [0.5, 0.6) is 0 Å². The fourth-order valence-electron chi connectivity index (χ4n) is 1.98. The third-order valence-corrected chi connectivity index (χ3v) is 3.82. The molecule has 0 saturated heterocycles. The molecule has 0 bridgehead atoms. The summed E-state index contributed by atoms with van der Waals surface area (Å²) in [5.41, 5.74) is 1.92. The molecule has 0 aliphatic heterocycles. The Morgan fingerprint density at radius 3 is 3.07 bits per heavy atom. The molecule has 0 radical (unpaired) electrons. The Bertz CT molecular complexity index is 254. The van der Waals surface area contributed by atoms with Crippen LogP contribution in [0.2, 0.25) is 0 Å². The summed E-state index contributed by atoms with van der Waals surface area (Å²) in [6, 6.07) is 0.767. The van der Waals surface area contributed by atoms with E-state index in [0.717, 1.165) is 12.0 Å². The number of rotatable bonds is 6. The normalized spacial score (nSPS) is 18.4. The van der Waals surface area contributed by atoms with E-state index in [0.29, 0.717) is 0 Å². The lowest BCUT2D eigenvalue weighted by Gasteiger charge is -2.14. The van der Waals surface area contributed by atoms with Crippen LogP contribution in [-0.2, 0) is 6.42 Å². The van der Waals surface area contributed by atoms with Gasteiger partial charge in [0.1, 0.15) is 0 Å². The Morgan fingerprint density at radius 2 is 2.50 bits per heavy atom. The van der Waals surface area contributed by atoms with Crippen molar-refractivity contribution >= 4 is 11.3 Å². The van der Waals surface area contributed by atoms with E-state index in [1.54, 1.807) is 11.3 Å². The molecule has 3 heteroatoms. The lowest BCUT2D eigenvalue weighted by molar-refractivity contribution is 0.457. The summed E-state index contributed by atoms with van der Waals surface area (Å²) in [5.74, 6) is 0.974. The van der Waals surface area contributed by atoms with Gasteiger partial charge in [-0.25, -0.2) is 0 Å². The summed E-state index contributed by atoms with van der Waals surface area (Å²) in [5, 5.41) is 3.43. The molecule has 1 aliphatic carbocycles. The van der Waals surface area contributed by atoms with Gasteiger partial charge in [-0.15, -0.1) is 11.3 Å². The highest BCUT2D eigenvalue weighted by Crippen LogP contribution is 2.34. The van der Waals surface area contributed by atoms with E-state index in [9.17, 15) is 0 Å². The predicted molar refractivity (Wildman–Crippen MR) is 60.6 cm³/mol. The highest BCUT2D eigenvalue weighted by Gasteiger charge is 2.29. The fraction of sp³-hybridized carbons (Fsp3) is 0.727. The number of aryl methyl sites for hydroxylation is 1. The average Bonchev–Trinajstić information content (AvgIpc) is 2.91. The Morgan fingerprint density at radius 1 is 1.64 bits per heavy atom. The van der Waals surface area contributed by atoms with E-state index in [1.807, 2.05) is 11.7 Å². The summed E-state index contributed by atoms with van der Waals surface area (Å²) in [7, 11) is 2.09. The standard InChI is InChI=1S/C11H18N2S/c1-12-11(9-5-6-9)4-2-3-10-7-13-8-14-10/h7-9,11-12H,2-6H2,1H3. The van der Waals surface area contributed by atoms with Crippen LogP contribution in [0.15, 0.2) is 11.7 Å². The van der Waals surface area contributed by atoms with Crippen molar-refractivity contribution in [2.75, 3.05) is 7.05 Å². The van der Waals surface area contributed by atoms with E-state index in [1.165, 1.54) is 37.0 Å². The summed E-state index contributed by atoms with van der Waals surface area (Å²) in [6.45, 7) is 0. The second kappa shape index (κ2) is 4.89. The van der Waals surface area contributed by atoms with Gasteiger partial charge in [0.05, 0.1) is 5.51 Å². The molecule has 78 valence electrons. The van der Waals surface area contributed by atoms with Crippen molar-refractivity contribution in [1.29, 1.82) is 0 Å². The molecule has 2 nitrogen and oxygen atoms in total. The number of nitrogens with zero attached hydrogens (tertiary/aromatic N) is 1.